The molecule has 0 amide bonds. The summed E-state index contributed by atoms with van der Waals surface area (Å²) in [7, 11) is 0. The van der Waals surface area contributed by atoms with E-state index >= 15 is 0 Å². The summed E-state index contributed by atoms with van der Waals surface area (Å²) in [4.78, 5) is 0. The van der Waals surface area contributed by atoms with Gasteiger partial charge in [-0.25, -0.2) is 0 Å². The van der Waals surface area contributed by atoms with E-state index in [1.807, 2.05) is 0 Å². The minimum Gasteiger partial charge on any atom is -0.0776 e. The molecule has 0 aromatic rings. The summed E-state index contributed by atoms with van der Waals surface area (Å²) in [6.07, 6.45) is 9.12. The summed E-state index contributed by atoms with van der Waals surface area (Å²) in [5.74, 6) is 3.59. The van der Waals surface area contributed by atoms with Gasteiger partial charge in [0.15, 0.2) is 0 Å². The summed E-state index contributed by atoms with van der Waals surface area (Å²) < 4.78 is 0. The zero-order chi connectivity index (χ0) is 28.3. The van der Waals surface area contributed by atoms with Gasteiger partial charge in [0.25, 0.3) is 0 Å². The lowest BCUT2D eigenvalue weighted by Crippen LogP contribution is -2.00. The fourth-order valence-corrected chi connectivity index (χ4v) is 0.289. The molecule has 0 fully saturated rings. The van der Waals surface area contributed by atoms with E-state index in [1.54, 1.807) is 0 Å². The molecule has 0 aliphatic heterocycles. The van der Waals surface area contributed by atoms with Crippen LogP contribution >= 0.6 is 0 Å². The van der Waals surface area contributed by atoms with Crippen LogP contribution in [0.25, 0.3) is 0 Å². The van der Waals surface area contributed by atoms with Crippen molar-refractivity contribution in [2.45, 2.75) is 273 Å². The smallest absolute Gasteiger partial charge is 0.0385 e. The monoisotopic (exact) mass is 667 g/mol. The van der Waals surface area contributed by atoms with Gasteiger partial charge in [-0.05, 0) is 34.5 Å². The largest absolute Gasteiger partial charge is 0.0776 e. The first-order valence-corrected chi connectivity index (χ1v) is 14.7. The highest BCUT2D eigenvalue weighted by Crippen LogP contribution is 2.16. The molecule has 0 atom stereocenters. The van der Waals surface area contributed by atoms with Crippen molar-refractivity contribution < 1.29 is 0 Å². The molecular weight excluding hydrogens is 540 g/mol. The molecular formula is C45H126. The molecule has 0 aliphatic carbocycles. The molecule has 0 saturated carbocycles. The average molecular weight is 668 g/mol. The minimum atomic E-state index is 0. The molecule has 0 N–H and O–H groups in total. The molecule has 0 aromatic carbocycles. The van der Waals surface area contributed by atoms with Crippen molar-refractivity contribution in [2.24, 2.45) is 34.5 Å². The highest BCUT2D eigenvalue weighted by Gasteiger charge is 2.03. The van der Waals surface area contributed by atoms with Crippen molar-refractivity contribution in [2.75, 3.05) is 0 Å². The van der Waals surface area contributed by atoms with E-state index in [0.29, 0.717) is 10.8 Å². The highest BCUT2D eigenvalue weighted by molar-refractivity contribution is 4.55. The Labute approximate surface area is 306 Å². The van der Waals surface area contributed by atoms with Gasteiger partial charge in [0, 0.05) is 0 Å². The van der Waals surface area contributed by atoms with Crippen molar-refractivity contribution in [3.63, 3.8) is 0 Å². The Morgan fingerprint density at radius 1 is 0.289 bits per heavy atom. The molecule has 0 saturated heterocycles. The molecule has 0 aromatic heterocycles. The van der Waals surface area contributed by atoms with Gasteiger partial charge in [0.2, 0.25) is 0 Å². The summed E-state index contributed by atoms with van der Waals surface area (Å²) in [6, 6.07) is 0. The van der Waals surface area contributed by atoms with Crippen LogP contribution in [0.1, 0.15) is 273 Å². The van der Waals surface area contributed by atoms with Gasteiger partial charge in [-0.15, -0.1) is 0 Å². The number of rotatable bonds is 5. The van der Waals surface area contributed by atoms with Crippen molar-refractivity contribution in [1.29, 1.82) is 0 Å². The Morgan fingerprint density at radius 2 is 0.378 bits per heavy atom. The lowest BCUT2D eigenvalue weighted by atomic mass is 9.94. The second-order valence-corrected chi connectivity index (χ2v) is 13.2. The molecule has 0 radical (unpaired) electrons. The highest BCUT2D eigenvalue weighted by atomic mass is 14.1. The van der Waals surface area contributed by atoms with E-state index < -0.39 is 0 Å². The summed E-state index contributed by atoms with van der Waals surface area (Å²) in [6.45, 7) is 44.5. The second kappa shape index (κ2) is 84.7. The van der Waals surface area contributed by atoms with Crippen molar-refractivity contribution in [3.05, 3.63) is 0 Å². The van der Waals surface area contributed by atoms with Crippen LogP contribution in [0, 0.1) is 34.5 Å². The van der Waals surface area contributed by atoms with E-state index in [1.165, 1.54) is 44.9 Å². The van der Waals surface area contributed by atoms with Gasteiger partial charge >= 0.3 is 0 Å². The second-order valence-electron chi connectivity index (χ2n) is 13.2. The van der Waals surface area contributed by atoms with Gasteiger partial charge in [-0.1, -0.05) is 273 Å². The maximum Gasteiger partial charge on any atom is -0.0385 e. The fourth-order valence-electron chi connectivity index (χ4n) is 0.289. The molecule has 0 nitrogen and oxygen atoms in total. The van der Waals surface area contributed by atoms with Crippen molar-refractivity contribution in [1.82, 2.24) is 0 Å². The number of hydrogen-bond acceptors (Lipinski definition) is 0. The Kier molecular flexibility index (Phi) is 225. The normalized spacial score (nSPS) is 7.73. The van der Waals surface area contributed by atoms with E-state index in [2.05, 4.69) is 138 Å². The third kappa shape index (κ3) is 303. The Balaban J connectivity index is -0.0000000116. The Bertz CT molecular complexity index is 245. The van der Waals surface area contributed by atoms with Crippen LogP contribution in [0.3, 0.4) is 0 Å². The topological polar surface area (TPSA) is 0 Å². The molecule has 0 rings (SSSR count). The number of hydrogen-bond donors (Lipinski definition) is 0. The average Bonchev–Trinajstić information content (AvgIpc) is 2.74. The molecule has 0 heterocycles. The Morgan fingerprint density at radius 3 is 0.378 bits per heavy atom. The van der Waals surface area contributed by atoms with Gasteiger partial charge in [0.1, 0.15) is 0 Å². The maximum atomic E-state index is 2.28. The van der Waals surface area contributed by atoms with Gasteiger partial charge in [-0.2, -0.15) is 0 Å². The lowest BCUT2D eigenvalue weighted by molar-refractivity contribution is 0.397. The molecule has 0 spiro atoms. The third-order valence-corrected chi connectivity index (χ3v) is 5.96. The minimum absolute atomic E-state index is 0. The predicted molar refractivity (Wildman–Crippen MR) is 245 cm³/mol. The van der Waals surface area contributed by atoms with Crippen LogP contribution in [0.15, 0.2) is 0 Å². The Hall–Kier alpha value is 0. The van der Waals surface area contributed by atoms with E-state index in [0.717, 1.165) is 23.7 Å². The van der Waals surface area contributed by atoms with Crippen LogP contribution in [0.4, 0.5) is 0 Å². The van der Waals surface area contributed by atoms with Crippen LogP contribution in [-0.2, 0) is 0 Å². The summed E-state index contributed by atoms with van der Waals surface area (Å²) in [5.41, 5.74) is 1.08. The summed E-state index contributed by atoms with van der Waals surface area (Å²) >= 11 is 0. The quantitative estimate of drug-likeness (QED) is 0.274. The first kappa shape index (κ1) is 120. The fraction of sp³-hybridized carbons (Fsp3) is 1.00. The van der Waals surface area contributed by atoms with Crippen LogP contribution in [0.5, 0.6) is 0 Å². The van der Waals surface area contributed by atoms with Crippen LogP contribution < -0.4 is 0 Å². The first-order valence-electron chi connectivity index (χ1n) is 14.7. The maximum absolute atomic E-state index is 2.28. The lowest BCUT2D eigenvalue weighted by Gasteiger charge is -2.12. The molecule has 0 heteroatoms. The van der Waals surface area contributed by atoms with Crippen LogP contribution in [-0.4, -0.2) is 0 Å². The molecule has 0 bridgehead atoms. The molecule has 0 unspecified atom stereocenters. The predicted octanol–water partition coefficient (Wildman–Crippen LogP) is 21.1. The van der Waals surface area contributed by atoms with Crippen molar-refractivity contribution >= 4 is 0 Å². The van der Waals surface area contributed by atoms with Crippen LogP contribution in [0.2, 0.25) is 0 Å². The molecule has 0 aliphatic rings. The van der Waals surface area contributed by atoms with Gasteiger partial charge in [0.05, 0.1) is 0 Å². The van der Waals surface area contributed by atoms with E-state index in [-0.39, 0.29) is 89.1 Å². The SMILES string of the molecule is C.C.C.C.C.C.C.C.C.C.C.C.CCC(C)(C)C.CCC(C)(C)C.CCC(C)C.CCC(C)C.CCC(C)C.CCC(C)CC. The third-order valence-electron chi connectivity index (χ3n) is 5.96. The summed E-state index contributed by atoms with van der Waals surface area (Å²) in [5, 5.41) is 0. The van der Waals surface area contributed by atoms with Crippen molar-refractivity contribution in [3.8, 4) is 0 Å². The zero-order valence-corrected chi connectivity index (χ0v) is 28.3. The first-order chi connectivity index (χ1) is 14.7. The zero-order valence-electron chi connectivity index (χ0n) is 28.3. The van der Waals surface area contributed by atoms with E-state index in [4.69, 9.17) is 0 Å². The molecule has 45 heavy (non-hydrogen) atoms. The van der Waals surface area contributed by atoms with Gasteiger partial charge in [-0.3, -0.25) is 0 Å². The van der Waals surface area contributed by atoms with E-state index in [9.17, 15) is 0 Å². The standard InChI is InChI=1S/3C6H14.3C5H12.12CH4/c2*1-5-6(2,3)4;1-4-6(3)5-2;3*1-4-5(2)3;;;;;;;;;;;;/h2*5H2,1-4H3;6H,4-5H2,1-3H3;3*5H,4H2,1-3H3;12*1H4. The molecule has 306 valence electrons. The van der Waals surface area contributed by atoms with Gasteiger partial charge < -0.3 is 0 Å².